The molecule has 1 N–H and O–H groups in total. The number of amides is 1. The summed E-state index contributed by atoms with van der Waals surface area (Å²) in [6, 6.07) is 3.83. The zero-order chi connectivity index (χ0) is 28.4. The summed E-state index contributed by atoms with van der Waals surface area (Å²) < 4.78 is 29.3. The zero-order valence-electron chi connectivity index (χ0n) is 24.3. The van der Waals surface area contributed by atoms with Crippen LogP contribution in [0.1, 0.15) is 69.2 Å². The molecule has 206 valence electrons. The Balaban J connectivity index is 2.23. The molecular formula is C27H44FN3O4Si2. The van der Waals surface area contributed by atoms with Crippen molar-refractivity contribution < 1.29 is 22.8 Å². The summed E-state index contributed by atoms with van der Waals surface area (Å²) >= 11 is 0. The van der Waals surface area contributed by atoms with E-state index >= 15 is 4.39 Å². The van der Waals surface area contributed by atoms with Gasteiger partial charge in [-0.1, -0.05) is 41.5 Å². The first-order valence-corrected chi connectivity index (χ1v) is 18.5. The molecule has 0 aliphatic carbocycles. The van der Waals surface area contributed by atoms with E-state index in [-0.39, 0.29) is 34.6 Å². The number of nitrogens with zero attached hydrogens (tertiary/aromatic N) is 2. The zero-order valence-corrected chi connectivity index (χ0v) is 26.3. The maximum absolute atomic E-state index is 15.0. The quantitative estimate of drug-likeness (QED) is 0.276. The van der Waals surface area contributed by atoms with Gasteiger partial charge < -0.3 is 14.2 Å². The Morgan fingerprint density at radius 1 is 1.00 bits per heavy atom. The van der Waals surface area contributed by atoms with Crippen molar-refractivity contribution in [3.63, 3.8) is 0 Å². The van der Waals surface area contributed by atoms with Gasteiger partial charge in [-0.05, 0) is 55.3 Å². The van der Waals surface area contributed by atoms with Gasteiger partial charge in [0.25, 0.3) is 5.91 Å². The van der Waals surface area contributed by atoms with Crippen molar-refractivity contribution >= 4 is 28.3 Å². The lowest BCUT2D eigenvalue weighted by Crippen LogP contribution is -2.50. The average Bonchev–Trinajstić information content (AvgIpc) is 3.24. The van der Waals surface area contributed by atoms with Crippen LogP contribution in [0.4, 0.5) is 4.39 Å². The van der Waals surface area contributed by atoms with Crippen molar-refractivity contribution in [1.29, 1.82) is 0 Å². The second-order valence-electron chi connectivity index (χ2n) is 12.7. The van der Waals surface area contributed by atoms with Crippen molar-refractivity contribution in [2.45, 2.75) is 90.8 Å². The van der Waals surface area contributed by atoms with Crippen LogP contribution in [0.15, 0.2) is 30.6 Å². The number of nitrogens with one attached hydrogen (secondary N) is 1. The maximum atomic E-state index is 15.0. The number of carbonyl (C=O) groups excluding carboxylic acids is 2. The second-order valence-corrected chi connectivity index (χ2v) is 22.3. The molecular weight excluding hydrogens is 505 g/mol. The molecule has 0 saturated carbocycles. The van der Waals surface area contributed by atoms with Gasteiger partial charge in [0.05, 0.1) is 42.3 Å². The van der Waals surface area contributed by atoms with Gasteiger partial charge in [0.2, 0.25) is 0 Å². The third-order valence-electron chi connectivity index (χ3n) is 7.69. The molecule has 0 saturated heterocycles. The van der Waals surface area contributed by atoms with Gasteiger partial charge in [0.1, 0.15) is 5.82 Å². The third-order valence-corrected chi connectivity index (χ3v) is 16.7. The van der Waals surface area contributed by atoms with Crippen LogP contribution < -0.4 is 5.32 Å². The number of hydrogen-bond donors (Lipinski definition) is 1. The van der Waals surface area contributed by atoms with Gasteiger partial charge in [-0.15, -0.1) is 0 Å². The lowest BCUT2D eigenvalue weighted by molar-refractivity contribution is 0.0883. The highest BCUT2D eigenvalue weighted by molar-refractivity contribution is 6.74. The van der Waals surface area contributed by atoms with E-state index in [0.29, 0.717) is 11.3 Å². The topological polar surface area (TPSA) is 82.5 Å². The van der Waals surface area contributed by atoms with E-state index in [0.717, 1.165) is 0 Å². The summed E-state index contributed by atoms with van der Waals surface area (Å²) in [6.07, 6.45) is 2.96. The molecule has 1 amide bonds. The lowest BCUT2D eigenvalue weighted by atomic mass is 10.1. The van der Waals surface area contributed by atoms with E-state index in [2.05, 4.69) is 78.1 Å². The minimum atomic E-state index is -2.07. The van der Waals surface area contributed by atoms with Gasteiger partial charge in [-0.3, -0.25) is 9.59 Å². The number of rotatable bonds is 10. The summed E-state index contributed by atoms with van der Waals surface area (Å²) in [5.41, 5.74) is 0.765. The molecule has 2 aromatic rings. The number of hydrogen-bond acceptors (Lipinski definition) is 5. The first-order chi connectivity index (χ1) is 16.7. The summed E-state index contributed by atoms with van der Waals surface area (Å²) in [5.74, 6) is -1.34. The van der Waals surface area contributed by atoms with Crippen LogP contribution in [0.2, 0.25) is 36.3 Å². The summed E-state index contributed by atoms with van der Waals surface area (Å²) in [6.45, 7) is 23.6. The van der Waals surface area contributed by atoms with E-state index in [4.69, 9.17) is 8.85 Å². The Kier molecular flexibility index (Phi) is 9.49. The smallest absolute Gasteiger partial charge is 0.254 e. The van der Waals surface area contributed by atoms with Crippen molar-refractivity contribution in [3.05, 3.63) is 47.5 Å². The van der Waals surface area contributed by atoms with E-state index in [1.54, 1.807) is 6.07 Å². The number of ketones is 1. The van der Waals surface area contributed by atoms with Gasteiger partial charge in [-0.25, -0.2) is 9.07 Å². The highest BCUT2D eigenvalue weighted by Gasteiger charge is 2.40. The SMILES string of the molecule is CC(=O)c1cnn(-c2ccc(C(=O)NC(CO[Si](C)(C)C(C)(C)C)CO[Si](C)(C)C(C)(C)C)c(F)c2)c1. The first-order valence-electron chi connectivity index (χ1n) is 12.7. The van der Waals surface area contributed by atoms with Crippen LogP contribution in [-0.4, -0.2) is 57.4 Å². The molecule has 37 heavy (non-hydrogen) atoms. The van der Waals surface area contributed by atoms with Gasteiger partial charge in [-0.2, -0.15) is 5.10 Å². The van der Waals surface area contributed by atoms with Crippen molar-refractivity contribution in [2.75, 3.05) is 13.2 Å². The van der Waals surface area contributed by atoms with Crippen LogP contribution in [0.25, 0.3) is 5.69 Å². The van der Waals surface area contributed by atoms with Crippen LogP contribution >= 0.6 is 0 Å². The first kappa shape index (κ1) is 31.1. The predicted octanol–water partition coefficient (Wildman–Crippen LogP) is 6.36. The Bertz CT molecular complexity index is 1090. The number of carbonyl (C=O) groups is 2. The van der Waals surface area contributed by atoms with Crippen LogP contribution in [0.3, 0.4) is 0 Å². The minimum Gasteiger partial charge on any atom is -0.415 e. The molecule has 1 aromatic carbocycles. The van der Waals surface area contributed by atoms with Gasteiger partial charge in [0, 0.05) is 12.3 Å². The fourth-order valence-electron chi connectivity index (χ4n) is 2.92. The average molecular weight is 550 g/mol. The Morgan fingerprint density at radius 3 is 1.92 bits per heavy atom. The van der Waals surface area contributed by atoms with Crippen molar-refractivity contribution in [1.82, 2.24) is 15.1 Å². The molecule has 0 fully saturated rings. The van der Waals surface area contributed by atoms with Gasteiger partial charge >= 0.3 is 0 Å². The van der Waals surface area contributed by atoms with E-state index in [1.165, 1.54) is 36.1 Å². The number of benzene rings is 1. The molecule has 1 aromatic heterocycles. The summed E-state index contributed by atoms with van der Waals surface area (Å²) in [7, 11) is -4.15. The standard InChI is InChI=1S/C27H44FN3O4Si2/c1-19(32)20-15-29-31(16-20)22-12-13-23(24(28)14-22)25(33)30-21(17-34-36(8,9)26(2,3)4)18-35-37(10,11)27(5,6)7/h12-16,21H,17-18H2,1-11H3,(H,30,33). The second kappa shape index (κ2) is 11.3. The number of Topliss-reactive ketones (excluding diaryl/α,β-unsaturated/α-hetero) is 1. The molecule has 0 atom stereocenters. The van der Waals surface area contributed by atoms with Crippen molar-refractivity contribution in [2.24, 2.45) is 0 Å². The van der Waals surface area contributed by atoms with Crippen molar-refractivity contribution in [3.8, 4) is 5.69 Å². The van der Waals surface area contributed by atoms with Gasteiger partial charge in [0.15, 0.2) is 22.4 Å². The number of halogens is 1. The fourth-order valence-corrected chi connectivity index (χ4v) is 5.02. The fraction of sp³-hybridized carbons (Fsp3) is 0.593. The molecule has 0 unspecified atom stereocenters. The summed E-state index contributed by atoms with van der Waals surface area (Å²) in [4.78, 5) is 24.7. The molecule has 1 heterocycles. The largest absolute Gasteiger partial charge is 0.415 e. The monoisotopic (exact) mass is 549 g/mol. The third kappa shape index (κ3) is 7.92. The Morgan fingerprint density at radius 2 is 1.51 bits per heavy atom. The normalized spacial score (nSPS) is 13.2. The number of aromatic nitrogens is 2. The van der Waals surface area contributed by atoms with E-state index in [1.807, 2.05) is 0 Å². The Labute approximate surface area is 223 Å². The molecule has 0 spiro atoms. The summed E-state index contributed by atoms with van der Waals surface area (Å²) in [5, 5.41) is 7.08. The molecule has 0 bridgehead atoms. The molecule has 0 aliphatic rings. The Hall–Kier alpha value is -2.15. The molecule has 0 aliphatic heterocycles. The molecule has 2 rings (SSSR count). The van der Waals surface area contributed by atoms with Crippen LogP contribution in [0, 0.1) is 5.82 Å². The van der Waals surface area contributed by atoms with E-state index in [9.17, 15) is 9.59 Å². The van der Waals surface area contributed by atoms with Crippen LogP contribution in [0.5, 0.6) is 0 Å². The molecule has 7 nitrogen and oxygen atoms in total. The maximum Gasteiger partial charge on any atom is 0.254 e. The van der Waals surface area contributed by atoms with Crippen LogP contribution in [-0.2, 0) is 8.85 Å². The lowest BCUT2D eigenvalue weighted by Gasteiger charge is -2.39. The highest BCUT2D eigenvalue weighted by atomic mass is 28.4. The highest BCUT2D eigenvalue weighted by Crippen LogP contribution is 2.38. The molecule has 10 heteroatoms. The minimum absolute atomic E-state index is 0.0124. The molecule has 0 radical (unpaired) electrons. The predicted molar refractivity (Wildman–Crippen MR) is 151 cm³/mol. The van der Waals surface area contributed by atoms with E-state index < -0.39 is 34.4 Å².